The Kier molecular flexibility index (Phi) is 4.35. The highest BCUT2D eigenvalue weighted by Gasteiger charge is 2.38. The summed E-state index contributed by atoms with van der Waals surface area (Å²) in [6, 6.07) is 12.7. The van der Waals surface area contributed by atoms with Crippen LogP contribution in [0.25, 0.3) is 5.53 Å². The van der Waals surface area contributed by atoms with Crippen LogP contribution in [-0.4, -0.2) is 24.0 Å². The fourth-order valence-corrected chi connectivity index (χ4v) is 3.55. The molecule has 6 heteroatoms. The first kappa shape index (κ1) is 15.8. The van der Waals surface area contributed by atoms with E-state index in [0.29, 0.717) is 5.56 Å². The van der Waals surface area contributed by atoms with Gasteiger partial charge in [0.2, 0.25) is 0 Å². The Hall–Kier alpha value is -2.56. The second kappa shape index (κ2) is 6.05. The summed E-state index contributed by atoms with van der Waals surface area (Å²) in [4.78, 5) is 15.0. The molecule has 22 heavy (non-hydrogen) atoms. The number of hydrogen-bond donors (Lipinski definition) is 0. The van der Waals surface area contributed by atoms with Crippen LogP contribution in [0.2, 0.25) is 0 Å². The van der Waals surface area contributed by atoms with Gasteiger partial charge in [0, 0.05) is 5.56 Å². The van der Waals surface area contributed by atoms with Crippen molar-refractivity contribution in [3.63, 3.8) is 0 Å². The van der Waals surface area contributed by atoms with E-state index in [1.165, 1.54) is 18.2 Å². The first-order valence-corrected chi connectivity index (χ1v) is 8.00. The Balaban J connectivity index is 2.58. The number of rotatable bonds is 3. The van der Waals surface area contributed by atoms with Crippen LogP contribution >= 0.6 is 0 Å². The zero-order valence-electron chi connectivity index (χ0n) is 12.1. The van der Waals surface area contributed by atoms with E-state index in [-0.39, 0.29) is 10.5 Å². The maximum absolute atomic E-state index is 12.6. The molecule has 2 aromatic rings. The summed E-state index contributed by atoms with van der Waals surface area (Å²) in [5.41, 5.74) is 10.5. The summed E-state index contributed by atoms with van der Waals surface area (Å²) >= 11 is 0. The highest BCUT2D eigenvalue weighted by Crippen LogP contribution is 2.20. The molecule has 0 aromatic heterocycles. The number of ketones is 1. The maximum atomic E-state index is 12.6. The average Bonchev–Trinajstić information content (AvgIpc) is 2.50. The third-order valence-electron chi connectivity index (χ3n) is 3.21. The number of aryl methyl sites for hydroxylation is 2. The van der Waals surface area contributed by atoms with Crippen LogP contribution in [-0.2, 0) is 9.84 Å². The standard InChI is InChI=1S/C16H14N2O3S/c1-11-8-9-12(2)14(10-11)22(20,21)16(18-17)15(19)13-6-4-3-5-7-13/h3-10H,1-2H3. The predicted octanol–water partition coefficient (Wildman–Crippen LogP) is 2.59. The van der Waals surface area contributed by atoms with Gasteiger partial charge in [-0.2, -0.15) is 0 Å². The molecule has 0 aliphatic heterocycles. The van der Waals surface area contributed by atoms with Gasteiger partial charge in [0.15, 0.2) is 0 Å². The van der Waals surface area contributed by atoms with E-state index in [9.17, 15) is 13.2 Å². The zero-order chi connectivity index (χ0) is 16.3. The van der Waals surface area contributed by atoms with Crippen LogP contribution in [0.3, 0.4) is 0 Å². The molecular weight excluding hydrogens is 300 g/mol. The molecule has 0 aliphatic carbocycles. The Morgan fingerprint density at radius 2 is 1.68 bits per heavy atom. The summed E-state index contributed by atoms with van der Waals surface area (Å²) < 4.78 is 25.3. The number of Topliss-reactive ketones (excluding diaryl/α,β-unsaturated/α-hetero) is 1. The van der Waals surface area contributed by atoms with Crippen LogP contribution < -0.4 is 0 Å². The van der Waals surface area contributed by atoms with E-state index < -0.39 is 20.7 Å². The maximum Gasteiger partial charge on any atom is 0.456 e. The van der Waals surface area contributed by atoms with Gasteiger partial charge in [0.25, 0.3) is 15.6 Å². The smallest absolute Gasteiger partial charge is 0.360 e. The number of nitrogens with zero attached hydrogens (tertiary/aromatic N) is 2. The molecule has 0 atom stereocenters. The minimum absolute atomic E-state index is 0.0374. The van der Waals surface area contributed by atoms with Gasteiger partial charge in [0.1, 0.15) is 0 Å². The molecular formula is C16H14N2O3S. The number of hydrogen-bond acceptors (Lipinski definition) is 3. The van der Waals surface area contributed by atoms with Crippen molar-refractivity contribution >= 4 is 20.7 Å². The molecule has 0 radical (unpaired) electrons. The second-order valence-corrected chi connectivity index (χ2v) is 6.71. The number of carbonyl (C=O) groups excluding carboxylic acids is 1. The first-order valence-electron chi connectivity index (χ1n) is 6.52. The topological polar surface area (TPSA) is 87.6 Å². The largest absolute Gasteiger partial charge is 0.456 e. The number of benzene rings is 2. The van der Waals surface area contributed by atoms with Crippen molar-refractivity contribution in [3.05, 3.63) is 70.8 Å². The molecule has 0 aliphatic rings. The van der Waals surface area contributed by atoms with E-state index in [2.05, 4.69) is 4.79 Å². The Labute approximate surface area is 128 Å². The minimum Gasteiger partial charge on any atom is -0.360 e. The lowest BCUT2D eigenvalue weighted by molar-refractivity contribution is -0.00158. The Bertz CT molecular complexity index is 881. The molecule has 0 unspecified atom stereocenters. The van der Waals surface area contributed by atoms with Crippen LogP contribution in [0.5, 0.6) is 0 Å². The molecule has 0 saturated carbocycles. The van der Waals surface area contributed by atoms with Gasteiger partial charge < -0.3 is 5.53 Å². The summed E-state index contributed by atoms with van der Waals surface area (Å²) in [5, 5.41) is -0.882. The van der Waals surface area contributed by atoms with Crippen LogP contribution in [0.1, 0.15) is 21.5 Å². The number of carbonyl (C=O) groups is 1. The normalized spacial score (nSPS) is 10.8. The summed E-state index contributed by atoms with van der Waals surface area (Å²) in [5.74, 6) is -0.844. The molecule has 0 fully saturated rings. The summed E-state index contributed by atoms with van der Waals surface area (Å²) in [7, 11) is -4.20. The Morgan fingerprint density at radius 3 is 2.27 bits per heavy atom. The van der Waals surface area contributed by atoms with Gasteiger partial charge in [-0.25, -0.2) is 8.42 Å². The van der Waals surface area contributed by atoms with Crippen molar-refractivity contribution in [1.29, 1.82) is 0 Å². The van der Waals surface area contributed by atoms with Gasteiger partial charge in [0.05, 0.1) is 4.90 Å². The quantitative estimate of drug-likeness (QED) is 0.287. The van der Waals surface area contributed by atoms with Crippen molar-refractivity contribution in [3.8, 4) is 0 Å². The van der Waals surface area contributed by atoms with Crippen molar-refractivity contribution < 1.29 is 18.0 Å². The van der Waals surface area contributed by atoms with Gasteiger partial charge >= 0.3 is 5.04 Å². The average molecular weight is 314 g/mol. The molecule has 5 nitrogen and oxygen atoms in total. The van der Waals surface area contributed by atoms with Crippen LogP contribution in [0.15, 0.2) is 53.4 Å². The first-order chi connectivity index (χ1) is 10.4. The van der Waals surface area contributed by atoms with Gasteiger partial charge in [-0.3, -0.25) is 4.79 Å². The van der Waals surface area contributed by atoms with Crippen molar-refractivity contribution in [2.24, 2.45) is 0 Å². The highest BCUT2D eigenvalue weighted by molar-refractivity contribution is 8.08. The molecule has 0 heterocycles. The molecule has 0 spiro atoms. The lowest BCUT2D eigenvalue weighted by Crippen LogP contribution is -2.26. The third-order valence-corrected chi connectivity index (χ3v) is 5.00. The van der Waals surface area contributed by atoms with Gasteiger partial charge in [-0.15, -0.1) is 4.79 Å². The molecule has 2 rings (SSSR count). The molecule has 2 aromatic carbocycles. The lowest BCUT2D eigenvalue weighted by Gasteiger charge is -2.05. The van der Waals surface area contributed by atoms with E-state index in [0.717, 1.165) is 5.56 Å². The van der Waals surface area contributed by atoms with Crippen LogP contribution in [0, 0.1) is 13.8 Å². The summed E-state index contributed by atoms with van der Waals surface area (Å²) in [6.45, 7) is 3.36. The minimum atomic E-state index is -4.20. The lowest BCUT2D eigenvalue weighted by atomic mass is 10.1. The van der Waals surface area contributed by atoms with E-state index >= 15 is 0 Å². The van der Waals surface area contributed by atoms with Crippen LogP contribution in [0.4, 0.5) is 0 Å². The molecule has 0 saturated heterocycles. The fourth-order valence-electron chi connectivity index (χ4n) is 2.04. The monoisotopic (exact) mass is 314 g/mol. The van der Waals surface area contributed by atoms with Crippen molar-refractivity contribution in [2.45, 2.75) is 18.7 Å². The summed E-state index contributed by atoms with van der Waals surface area (Å²) in [6.07, 6.45) is 0. The van der Waals surface area contributed by atoms with Gasteiger partial charge in [-0.05, 0) is 31.0 Å². The molecule has 0 amide bonds. The highest BCUT2D eigenvalue weighted by atomic mass is 32.2. The third kappa shape index (κ3) is 2.88. The zero-order valence-corrected chi connectivity index (χ0v) is 13.0. The SMILES string of the molecule is Cc1ccc(C)c(S(=O)(=O)C(=[N+]=[N-])C(=O)c2ccccc2)c1. The molecule has 0 bridgehead atoms. The second-order valence-electron chi connectivity index (χ2n) is 4.87. The fraction of sp³-hybridized carbons (Fsp3) is 0.125. The molecule has 112 valence electrons. The van der Waals surface area contributed by atoms with Crippen molar-refractivity contribution in [1.82, 2.24) is 0 Å². The van der Waals surface area contributed by atoms with E-state index in [1.54, 1.807) is 44.2 Å². The predicted molar refractivity (Wildman–Crippen MR) is 82.5 cm³/mol. The number of sulfone groups is 1. The van der Waals surface area contributed by atoms with Crippen molar-refractivity contribution in [2.75, 3.05) is 0 Å². The molecule has 0 N–H and O–H groups in total. The Morgan fingerprint density at radius 1 is 1.05 bits per heavy atom. The van der Waals surface area contributed by atoms with Gasteiger partial charge in [-0.1, -0.05) is 42.5 Å². The van der Waals surface area contributed by atoms with E-state index in [4.69, 9.17) is 5.53 Å². The van der Waals surface area contributed by atoms with E-state index in [1.807, 2.05) is 0 Å².